The summed E-state index contributed by atoms with van der Waals surface area (Å²) >= 11 is 0. The Labute approximate surface area is 90.9 Å². The van der Waals surface area contributed by atoms with E-state index in [0.29, 0.717) is 11.1 Å². The van der Waals surface area contributed by atoms with Crippen LogP contribution >= 0.6 is 0 Å². The molecule has 0 aliphatic rings. The van der Waals surface area contributed by atoms with Gasteiger partial charge in [-0.1, -0.05) is 29.4 Å². The topological polar surface area (TPSA) is 52.0 Å². The number of aromatic nitrogens is 1. The van der Waals surface area contributed by atoms with Gasteiger partial charge in [-0.05, 0) is 11.1 Å². The van der Waals surface area contributed by atoms with Crippen LogP contribution in [0.5, 0.6) is 0 Å². The third-order valence-electron chi connectivity index (χ3n) is 2.23. The first kappa shape index (κ1) is 10.6. The number of benzene rings is 1. The molecule has 0 bridgehead atoms. The second kappa shape index (κ2) is 4.30. The number of nitrogen functional groups attached to an aromatic ring is 1. The first-order chi connectivity index (χ1) is 7.66. The van der Waals surface area contributed by atoms with Gasteiger partial charge in [-0.2, -0.15) is 0 Å². The second-order valence-corrected chi connectivity index (χ2v) is 3.40. The molecule has 5 heteroatoms. The molecule has 0 aliphatic carbocycles. The van der Waals surface area contributed by atoms with Gasteiger partial charge in [-0.3, -0.25) is 0 Å². The molecule has 3 nitrogen and oxygen atoms in total. The van der Waals surface area contributed by atoms with Crippen molar-refractivity contribution in [1.82, 2.24) is 5.16 Å². The number of nitrogens with zero attached hydrogens (tertiary/aromatic N) is 1. The Morgan fingerprint density at radius 1 is 1.38 bits per heavy atom. The molecular weight excluding hydrogens is 214 g/mol. The van der Waals surface area contributed by atoms with Crippen molar-refractivity contribution in [2.24, 2.45) is 0 Å². The van der Waals surface area contributed by atoms with E-state index in [1.165, 1.54) is 6.20 Å². The van der Waals surface area contributed by atoms with Crippen LogP contribution in [-0.4, -0.2) is 11.6 Å². The molecule has 1 aromatic carbocycles. The van der Waals surface area contributed by atoms with Gasteiger partial charge in [0.25, 0.3) is 0 Å². The summed E-state index contributed by atoms with van der Waals surface area (Å²) in [4.78, 5) is 0. The van der Waals surface area contributed by atoms with Gasteiger partial charge in [-0.15, -0.1) is 0 Å². The average molecular weight is 224 g/mol. The molecule has 16 heavy (non-hydrogen) atoms. The van der Waals surface area contributed by atoms with E-state index >= 15 is 0 Å². The molecule has 1 heterocycles. The van der Waals surface area contributed by atoms with E-state index in [1.807, 2.05) is 0 Å². The summed E-state index contributed by atoms with van der Waals surface area (Å²) in [5, 5.41) is 3.54. The zero-order chi connectivity index (χ0) is 11.5. The quantitative estimate of drug-likeness (QED) is 0.872. The Kier molecular flexibility index (Phi) is 2.85. The van der Waals surface area contributed by atoms with Crippen LogP contribution in [0.4, 0.5) is 14.7 Å². The minimum absolute atomic E-state index is 0.189. The lowest BCUT2D eigenvalue weighted by molar-refractivity contribution is 0.149. The summed E-state index contributed by atoms with van der Waals surface area (Å²) in [5.74, 6) is 0.189. The molecule has 2 aromatic rings. The molecule has 0 spiro atoms. The van der Waals surface area contributed by atoms with Crippen LogP contribution in [-0.2, 0) is 6.42 Å². The Morgan fingerprint density at radius 3 is 2.81 bits per heavy atom. The van der Waals surface area contributed by atoms with Gasteiger partial charge in [0.15, 0.2) is 0 Å². The number of anilines is 1. The highest BCUT2D eigenvalue weighted by Gasteiger charge is 2.09. The molecule has 2 N–H and O–H groups in total. The summed E-state index contributed by atoms with van der Waals surface area (Å²) < 4.78 is 29.2. The van der Waals surface area contributed by atoms with Crippen molar-refractivity contribution in [3.8, 4) is 11.1 Å². The maximum absolute atomic E-state index is 12.2. The predicted molar refractivity (Wildman–Crippen MR) is 56.1 cm³/mol. The fourth-order valence-electron chi connectivity index (χ4n) is 1.51. The maximum Gasteiger partial charge on any atom is 0.242 e. The molecule has 84 valence electrons. The summed E-state index contributed by atoms with van der Waals surface area (Å²) in [5.41, 5.74) is 7.46. The van der Waals surface area contributed by atoms with Crippen molar-refractivity contribution in [2.45, 2.75) is 12.8 Å². The molecule has 0 unspecified atom stereocenters. The lowest BCUT2D eigenvalue weighted by Crippen LogP contribution is -1.96. The van der Waals surface area contributed by atoms with Crippen molar-refractivity contribution in [3.63, 3.8) is 0 Å². The van der Waals surface area contributed by atoms with E-state index in [1.54, 1.807) is 24.3 Å². The van der Waals surface area contributed by atoms with Gasteiger partial charge in [0, 0.05) is 6.42 Å². The summed E-state index contributed by atoms with van der Waals surface area (Å²) in [6.45, 7) is 0. The highest BCUT2D eigenvalue weighted by Crippen LogP contribution is 2.26. The molecule has 1 aromatic heterocycles. The Morgan fingerprint density at radius 2 is 2.19 bits per heavy atom. The highest BCUT2D eigenvalue weighted by molar-refractivity contribution is 5.72. The zero-order valence-corrected chi connectivity index (χ0v) is 8.36. The van der Waals surface area contributed by atoms with E-state index in [9.17, 15) is 8.78 Å². The lowest BCUT2D eigenvalue weighted by Gasteiger charge is -2.03. The van der Waals surface area contributed by atoms with Crippen molar-refractivity contribution in [2.75, 3.05) is 5.73 Å². The third-order valence-corrected chi connectivity index (χ3v) is 2.23. The van der Waals surface area contributed by atoms with E-state index in [0.717, 1.165) is 5.56 Å². The Balaban J connectivity index is 2.33. The number of halogens is 2. The van der Waals surface area contributed by atoms with Gasteiger partial charge >= 0.3 is 0 Å². The van der Waals surface area contributed by atoms with Crippen molar-refractivity contribution < 1.29 is 13.3 Å². The van der Waals surface area contributed by atoms with Gasteiger partial charge in [0.2, 0.25) is 12.3 Å². The molecule has 0 atom stereocenters. The van der Waals surface area contributed by atoms with Crippen LogP contribution in [0.25, 0.3) is 11.1 Å². The van der Waals surface area contributed by atoms with Crippen molar-refractivity contribution in [3.05, 3.63) is 36.0 Å². The van der Waals surface area contributed by atoms with Crippen LogP contribution < -0.4 is 5.73 Å². The predicted octanol–water partition coefficient (Wildman–Crippen LogP) is 2.73. The molecule has 0 aliphatic heterocycles. The number of alkyl halides is 2. The van der Waals surface area contributed by atoms with Crippen LogP contribution in [0.15, 0.2) is 35.0 Å². The Hall–Kier alpha value is -1.91. The van der Waals surface area contributed by atoms with Gasteiger partial charge in [0.1, 0.15) is 0 Å². The Bertz CT molecular complexity index is 482. The molecule has 2 rings (SSSR count). The fourth-order valence-corrected chi connectivity index (χ4v) is 1.51. The minimum Gasteiger partial charge on any atom is -0.367 e. The molecular formula is C11H10F2N2O. The fraction of sp³-hybridized carbons (Fsp3) is 0.182. The molecule has 0 fully saturated rings. The summed E-state index contributed by atoms with van der Waals surface area (Å²) in [6.07, 6.45) is -1.15. The van der Waals surface area contributed by atoms with Crippen LogP contribution in [0, 0.1) is 0 Å². The first-order valence-corrected chi connectivity index (χ1v) is 4.74. The summed E-state index contributed by atoms with van der Waals surface area (Å²) in [6, 6.07) is 6.80. The molecule has 0 saturated heterocycles. The zero-order valence-electron chi connectivity index (χ0n) is 8.36. The van der Waals surface area contributed by atoms with Gasteiger partial charge in [0.05, 0.1) is 11.8 Å². The third kappa shape index (κ3) is 2.18. The number of hydrogen-bond donors (Lipinski definition) is 1. The maximum atomic E-state index is 12.2. The average Bonchev–Trinajstić information content (AvgIpc) is 2.64. The molecule has 0 amide bonds. The number of nitrogens with two attached hydrogens (primary N) is 1. The SMILES string of the molecule is Nc1oncc1-c1cccc(CC(F)F)c1. The normalized spacial score (nSPS) is 10.9. The molecule has 0 radical (unpaired) electrons. The van der Waals surface area contributed by atoms with Crippen LogP contribution in [0.1, 0.15) is 5.56 Å². The monoisotopic (exact) mass is 224 g/mol. The molecule has 0 saturated carbocycles. The van der Waals surface area contributed by atoms with Gasteiger partial charge in [-0.25, -0.2) is 8.78 Å². The number of hydrogen-bond acceptors (Lipinski definition) is 3. The van der Waals surface area contributed by atoms with E-state index in [2.05, 4.69) is 5.16 Å². The van der Waals surface area contributed by atoms with Crippen molar-refractivity contribution in [1.29, 1.82) is 0 Å². The second-order valence-electron chi connectivity index (χ2n) is 3.40. The van der Waals surface area contributed by atoms with Crippen molar-refractivity contribution >= 4 is 5.88 Å². The van der Waals surface area contributed by atoms with E-state index in [-0.39, 0.29) is 12.3 Å². The van der Waals surface area contributed by atoms with Crippen LogP contribution in [0.2, 0.25) is 0 Å². The van der Waals surface area contributed by atoms with E-state index in [4.69, 9.17) is 10.3 Å². The van der Waals surface area contributed by atoms with Crippen LogP contribution in [0.3, 0.4) is 0 Å². The number of rotatable bonds is 3. The minimum atomic E-state index is -2.35. The first-order valence-electron chi connectivity index (χ1n) is 4.74. The lowest BCUT2D eigenvalue weighted by atomic mass is 10.0. The smallest absolute Gasteiger partial charge is 0.242 e. The standard InChI is InChI=1S/C11H10F2N2O/c12-10(13)5-7-2-1-3-8(4-7)9-6-15-16-11(9)14/h1-4,6,10H,5,14H2. The van der Waals surface area contributed by atoms with Gasteiger partial charge < -0.3 is 10.3 Å². The summed E-state index contributed by atoms with van der Waals surface area (Å²) in [7, 11) is 0. The van der Waals surface area contributed by atoms with E-state index < -0.39 is 6.43 Å². The largest absolute Gasteiger partial charge is 0.367 e. The highest BCUT2D eigenvalue weighted by atomic mass is 19.3.